The van der Waals surface area contributed by atoms with Crippen LogP contribution in [0.5, 0.6) is 0 Å². The van der Waals surface area contributed by atoms with Crippen LogP contribution >= 0.6 is 0 Å². The van der Waals surface area contributed by atoms with Gasteiger partial charge in [0.05, 0.1) is 6.21 Å². The highest BCUT2D eigenvalue weighted by Crippen LogP contribution is 2.06. The Morgan fingerprint density at radius 2 is 1.89 bits per heavy atom. The fourth-order valence-electron chi connectivity index (χ4n) is 1.73. The van der Waals surface area contributed by atoms with E-state index in [0.29, 0.717) is 0 Å². The maximum absolute atomic E-state index is 12.9. The fourth-order valence-corrected chi connectivity index (χ4v) is 1.73. The van der Waals surface area contributed by atoms with E-state index < -0.39 is 0 Å². The molecule has 2 aromatic rings. The molecule has 0 aliphatic carbocycles. The lowest BCUT2D eigenvalue weighted by Crippen LogP contribution is -1.90. The molecule has 0 amide bonds. The molecule has 0 saturated carbocycles. The molecule has 2 nitrogen and oxygen atoms in total. The van der Waals surface area contributed by atoms with Crippen LogP contribution in [0.3, 0.4) is 0 Å². The van der Waals surface area contributed by atoms with E-state index in [-0.39, 0.29) is 12.4 Å². The molecule has 0 N–H and O–H groups in total. The first-order valence-electron chi connectivity index (χ1n) is 6.26. The molecular formula is C16H16FNO. The fraction of sp³-hybridized carbons (Fsp3) is 0.188. The monoisotopic (exact) mass is 257 g/mol. The van der Waals surface area contributed by atoms with Crippen LogP contribution in [0.1, 0.15) is 23.6 Å². The molecule has 3 heteroatoms. The van der Waals surface area contributed by atoms with Gasteiger partial charge in [0.25, 0.3) is 0 Å². The highest BCUT2D eigenvalue weighted by atomic mass is 19.1. The summed E-state index contributed by atoms with van der Waals surface area (Å²) in [5.41, 5.74) is 3.02. The number of hydrogen-bond donors (Lipinski definition) is 0. The number of rotatable bonds is 5. The van der Waals surface area contributed by atoms with Gasteiger partial charge in [-0.05, 0) is 35.2 Å². The highest BCUT2D eigenvalue weighted by Gasteiger charge is 1.95. The summed E-state index contributed by atoms with van der Waals surface area (Å²) in [4.78, 5) is 5.15. The van der Waals surface area contributed by atoms with Gasteiger partial charge < -0.3 is 4.84 Å². The summed E-state index contributed by atoms with van der Waals surface area (Å²) < 4.78 is 12.9. The maximum Gasteiger partial charge on any atom is 0.142 e. The topological polar surface area (TPSA) is 21.6 Å². The second kappa shape index (κ2) is 6.69. The number of aryl methyl sites for hydroxylation is 1. The second-order valence-electron chi connectivity index (χ2n) is 4.24. The average molecular weight is 257 g/mol. The van der Waals surface area contributed by atoms with Crippen molar-refractivity contribution in [1.82, 2.24) is 0 Å². The predicted octanol–water partition coefficient (Wildman–Crippen LogP) is 3.94. The van der Waals surface area contributed by atoms with Gasteiger partial charge in [0.2, 0.25) is 0 Å². The Morgan fingerprint density at radius 1 is 1.11 bits per heavy atom. The largest absolute Gasteiger partial charge is 0.391 e. The van der Waals surface area contributed by atoms with Crippen LogP contribution in [0.2, 0.25) is 0 Å². The van der Waals surface area contributed by atoms with Crippen molar-refractivity contribution in [1.29, 1.82) is 0 Å². The van der Waals surface area contributed by atoms with Crippen molar-refractivity contribution < 1.29 is 9.23 Å². The van der Waals surface area contributed by atoms with Crippen molar-refractivity contribution in [3.63, 3.8) is 0 Å². The van der Waals surface area contributed by atoms with Gasteiger partial charge in [0.15, 0.2) is 0 Å². The molecule has 98 valence electrons. The smallest absolute Gasteiger partial charge is 0.142 e. The molecule has 2 aromatic carbocycles. The van der Waals surface area contributed by atoms with E-state index >= 15 is 0 Å². The summed E-state index contributed by atoms with van der Waals surface area (Å²) in [7, 11) is 0. The van der Waals surface area contributed by atoms with Crippen LogP contribution in [-0.2, 0) is 17.9 Å². The zero-order valence-electron chi connectivity index (χ0n) is 10.8. The third kappa shape index (κ3) is 4.21. The molecule has 0 unspecified atom stereocenters. The van der Waals surface area contributed by atoms with Crippen molar-refractivity contribution in [2.75, 3.05) is 0 Å². The Hall–Kier alpha value is -2.16. The van der Waals surface area contributed by atoms with E-state index in [1.54, 1.807) is 18.3 Å². The van der Waals surface area contributed by atoms with Crippen LogP contribution in [-0.4, -0.2) is 6.21 Å². The Balaban J connectivity index is 1.89. The minimum absolute atomic E-state index is 0.263. The lowest BCUT2D eigenvalue weighted by atomic mass is 10.1. The second-order valence-corrected chi connectivity index (χ2v) is 4.24. The van der Waals surface area contributed by atoms with Crippen LogP contribution in [0, 0.1) is 5.82 Å². The predicted molar refractivity (Wildman–Crippen MR) is 74.6 cm³/mol. The molecule has 0 atom stereocenters. The van der Waals surface area contributed by atoms with Crippen molar-refractivity contribution in [3.05, 3.63) is 71.0 Å². The van der Waals surface area contributed by atoms with E-state index in [1.807, 2.05) is 12.1 Å². The van der Waals surface area contributed by atoms with E-state index in [9.17, 15) is 4.39 Å². The Morgan fingerprint density at radius 3 is 2.68 bits per heavy atom. The first-order valence-corrected chi connectivity index (χ1v) is 6.26. The molecule has 0 heterocycles. The van der Waals surface area contributed by atoms with Crippen LogP contribution in [0.4, 0.5) is 4.39 Å². The lowest BCUT2D eigenvalue weighted by molar-refractivity contribution is 0.132. The summed E-state index contributed by atoms with van der Waals surface area (Å²) in [5, 5.41) is 3.89. The van der Waals surface area contributed by atoms with Gasteiger partial charge in [-0.3, -0.25) is 0 Å². The van der Waals surface area contributed by atoms with E-state index in [2.05, 4.69) is 24.2 Å². The van der Waals surface area contributed by atoms with Gasteiger partial charge in [-0.15, -0.1) is 0 Å². The van der Waals surface area contributed by atoms with E-state index in [1.165, 1.54) is 17.7 Å². The Kier molecular flexibility index (Phi) is 4.67. The van der Waals surface area contributed by atoms with E-state index in [0.717, 1.165) is 17.5 Å². The molecule has 2 rings (SSSR count). The number of halogens is 1. The first-order chi connectivity index (χ1) is 9.28. The summed E-state index contributed by atoms with van der Waals surface area (Å²) in [6.45, 7) is 2.37. The zero-order valence-corrected chi connectivity index (χ0v) is 10.8. The minimum atomic E-state index is -0.263. The number of oxime groups is 1. The van der Waals surface area contributed by atoms with Gasteiger partial charge in [-0.1, -0.05) is 48.5 Å². The van der Waals surface area contributed by atoms with Crippen LogP contribution in [0.15, 0.2) is 53.7 Å². The number of hydrogen-bond acceptors (Lipinski definition) is 2. The molecule has 0 spiro atoms. The summed E-state index contributed by atoms with van der Waals surface area (Å²) >= 11 is 0. The third-order valence-corrected chi connectivity index (χ3v) is 2.76. The average Bonchev–Trinajstić information content (AvgIpc) is 2.44. The molecule has 0 saturated heterocycles. The van der Waals surface area contributed by atoms with Crippen molar-refractivity contribution in [3.8, 4) is 0 Å². The Bertz CT molecular complexity index is 566. The van der Waals surface area contributed by atoms with Gasteiger partial charge >= 0.3 is 0 Å². The minimum Gasteiger partial charge on any atom is -0.391 e. The van der Waals surface area contributed by atoms with Gasteiger partial charge in [0, 0.05) is 0 Å². The molecule has 19 heavy (non-hydrogen) atoms. The molecular weight excluding hydrogens is 241 g/mol. The number of benzene rings is 2. The molecule has 0 aromatic heterocycles. The molecule has 0 fully saturated rings. The van der Waals surface area contributed by atoms with Crippen molar-refractivity contribution in [2.45, 2.75) is 20.0 Å². The van der Waals surface area contributed by atoms with Crippen molar-refractivity contribution >= 4 is 6.21 Å². The zero-order chi connectivity index (χ0) is 13.5. The quantitative estimate of drug-likeness (QED) is 0.587. The van der Waals surface area contributed by atoms with Gasteiger partial charge in [0.1, 0.15) is 12.4 Å². The lowest BCUT2D eigenvalue weighted by Gasteiger charge is -2.00. The van der Waals surface area contributed by atoms with Gasteiger partial charge in [-0.25, -0.2) is 4.39 Å². The molecule has 0 bridgehead atoms. The molecule has 0 aliphatic heterocycles. The summed E-state index contributed by atoms with van der Waals surface area (Å²) in [6.07, 6.45) is 2.66. The standard InChI is InChI=1S/C16H16FNO/c1-2-13-5-3-6-14(9-13)11-18-19-12-15-7-4-8-16(17)10-15/h3-11H,2,12H2,1H3. The summed E-state index contributed by atoms with van der Waals surface area (Å²) in [5.74, 6) is -0.263. The SMILES string of the molecule is CCc1cccc(C=NOCc2cccc(F)c2)c1. The highest BCUT2D eigenvalue weighted by molar-refractivity contribution is 5.79. The molecule has 0 radical (unpaired) electrons. The first kappa shape index (κ1) is 13.3. The van der Waals surface area contributed by atoms with Crippen LogP contribution < -0.4 is 0 Å². The summed E-state index contributed by atoms with van der Waals surface area (Å²) in [6, 6.07) is 14.4. The van der Waals surface area contributed by atoms with Crippen molar-refractivity contribution in [2.24, 2.45) is 5.16 Å². The van der Waals surface area contributed by atoms with Gasteiger partial charge in [-0.2, -0.15) is 0 Å². The van der Waals surface area contributed by atoms with Crippen LogP contribution in [0.25, 0.3) is 0 Å². The molecule has 0 aliphatic rings. The maximum atomic E-state index is 12.9. The third-order valence-electron chi connectivity index (χ3n) is 2.76. The number of nitrogens with zero attached hydrogens (tertiary/aromatic N) is 1. The normalized spacial score (nSPS) is 10.8. The Labute approximate surface area is 112 Å². The van der Waals surface area contributed by atoms with E-state index in [4.69, 9.17) is 4.84 Å².